The standard InChI is InChI=1S/C11H18FNO3/c1-11(2,3)16-9(14)8-4-6-13(7-5-8)10(12)15/h8H,4-7H2,1-3H3. The number of amides is 1. The van der Waals surface area contributed by atoms with Gasteiger partial charge in [0.15, 0.2) is 0 Å². The van der Waals surface area contributed by atoms with Crippen LogP contribution in [-0.2, 0) is 9.53 Å². The summed E-state index contributed by atoms with van der Waals surface area (Å²) in [6, 6.07) is 0. The molecule has 0 aromatic heterocycles. The highest BCUT2D eigenvalue weighted by atomic mass is 19.1. The molecule has 1 aliphatic heterocycles. The molecule has 1 heterocycles. The van der Waals surface area contributed by atoms with Crippen LogP contribution in [0.4, 0.5) is 9.18 Å². The zero-order chi connectivity index (χ0) is 12.3. The molecule has 0 N–H and O–H groups in total. The first-order valence-electron chi connectivity index (χ1n) is 5.47. The first-order valence-corrected chi connectivity index (χ1v) is 5.47. The number of halogens is 1. The Kier molecular flexibility index (Phi) is 3.88. The van der Waals surface area contributed by atoms with Gasteiger partial charge in [-0.3, -0.25) is 4.79 Å². The van der Waals surface area contributed by atoms with Gasteiger partial charge in [0.25, 0.3) is 0 Å². The van der Waals surface area contributed by atoms with Gasteiger partial charge in [-0.15, -0.1) is 4.39 Å². The highest BCUT2D eigenvalue weighted by Crippen LogP contribution is 2.21. The van der Waals surface area contributed by atoms with Crippen LogP contribution in [0.1, 0.15) is 33.6 Å². The summed E-state index contributed by atoms with van der Waals surface area (Å²) in [7, 11) is 0. The lowest BCUT2D eigenvalue weighted by Gasteiger charge is -2.30. The molecule has 0 atom stereocenters. The summed E-state index contributed by atoms with van der Waals surface area (Å²) < 4.78 is 17.6. The third-order valence-corrected chi connectivity index (χ3v) is 2.48. The second kappa shape index (κ2) is 4.80. The van der Waals surface area contributed by atoms with Crippen molar-refractivity contribution in [1.29, 1.82) is 0 Å². The minimum absolute atomic E-state index is 0.213. The number of rotatable bonds is 1. The van der Waals surface area contributed by atoms with Gasteiger partial charge in [-0.25, -0.2) is 4.79 Å². The number of carbonyl (C=O) groups is 2. The minimum atomic E-state index is -1.41. The lowest BCUT2D eigenvalue weighted by molar-refractivity contribution is -0.161. The van der Waals surface area contributed by atoms with E-state index in [2.05, 4.69) is 0 Å². The largest absolute Gasteiger partial charge is 0.460 e. The average molecular weight is 231 g/mol. The van der Waals surface area contributed by atoms with Crippen molar-refractivity contribution in [1.82, 2.24) is 4.90 Å². The molecule has 0 aliphatic carbocycles. The number of hydrogen-bond acceptors (Lipinski definition) is 3. The van der Waals surface area contributed by atoms with Gasteiger partial charge >= 0.3 is 12.1 Å². The third-order valence-electron chi connectivity index (χ3n) is 2.48. The van der Waals surface area contributed by atoms with Crippen molar-refractivity contribution in [2.24, 2.45) is 5.92 Å². The Morgan fingerprint density at radius 2 is 1.75 bits per heavy atom. The van der Waals surface area contributed by atoms with Gasteiger partial charge in [-0.1, -0.05) is 0 Å². The Bertz CT molecular complexity index is 277. The molecular weight excluding hydrogens is 213 g/mol. The van der Waals surface area contributed by atoms with E-state index in [1.807, 2.05) is 20.8 Å². The summed E-state index contributed by atoms with van der Waals surface area (Å²) in [5, 5.41) is 0. The Hall–Kier alpha value is -1.13. The van der Waals surface area contributed by atoms with Crippen LogP contribution in [0, 0.1) is 5.92 Å². The molecule has 92 valence electrons. The topological polar surface area (TPSA) is 46.6 Å². The average Bonchev–Trinajstić information content (AvgIpc) is 2.15. The molecule has 0 spiro atoms. The van der Waals surface area contributed by atoms with Crippen LogP contribution in [0.3, 0.4) is 0 Å². The second-order valence-electron chi connectivity index (χ2n) is 5.05. The lowest BCUT2D eigenvalue weighted by atomic mass is 9.97. The molecule has 0 bridgehead atoms. The summed E-state index contributed by atoms with van der Waals surface area (Å²) in [6.45, 7) is 6.01. The molecule has 1 fully saturated rings. The summed E-state index contributed by atoms with van der Waals surface area (Å²) >= 11 is 0. The van der Waals surface area contributed by atoms with Crippen molar-refractivity contribution in [3.8, 4) is 0 Å². The number of likely N-dealkylation sites (tertiary alicyclic amines) is 1. The maximum Gasteiger partial charge on any atom is 0.400 e. The fourth-order valence-corrected chi connectivity index (χ4v) is 1.68. The molecule has 0 aromatic rings. The maximum absolute atomic E-state index is 12.4. The van der Waals surface area contributed by atoms with Crippen LogP contribution in [0.2, 0.25) is 0 Å². The van der Waals surface area contributed by atoms with E-state index in [1.54, 1.807) is 0 Å². The number of carbonyl (C=O) groups excluding carboxylic acids is 2. The smallest absolute Gasteiger partial charge is 0.400 e. The summed E-state index contributed by atoms with van der Waals surface area (Å²) in [4.78, 5) is 23.2. The van der Waals surface area contributed by atoms with Crippen molar-refractivity contribution in [2.45, 2.75) is 39.2 Å². The van der Waals surface area contributed by atoms with Crippen molar-refractivity contribution < 1.29 is 18.7 Å². The number of esters is 1. The second-order valence-corrected chi connectivity index (χ2v) is 5.05. The first kappa shape index (κ1) is 12.9. The SMILES string of the molecule is CC(C)(C)OC(=O)C1CCN(C(=O)F)CC1. The van der Waals surface area contributed by atoms with Gasteiger partial charge in [0, 0.05) is 13.1 Å². The fourth-order valence-electron chi connectivity index (χ4n) is 1.68. The van der Waals surface area contributed by atoms with Gasteiger partial charge in [0.2, 0.25) is 0 Å². The van der Waals surface area contributed by atoms with Crippen LogP contribution in [0.25, 0.3) is 0 Å². The zero-order valence-electron chi connectivity index (χ0n) is 9.96. The number of ether oxygens (including phenoxy) is 1. The number of piperidine rings is 1. The molecule has 5 heteroatoms. The zero-order valence-corrected chi connectivity index (χ0v) is 9.96. The Morgan fingerprint density at radius 1 is 1.25 bits per heavy atom. The molecule has 1 aliphatic rings. The normalized spacial score (nSPS) is 18.4. The van der Waals surface area contributed by atoms with E-state index in [0.29, 0.717) is 25.9 Å². The van der Waals surface area contributed by atoms with Crippen LogP contribution < -0.4 is 0 Å². The predicted octanol–water partition coefficient (Wildman–Crippen LogP) is 2.13. The lowest BCUT2D eigenvalue weighted by Crippen LogP contribution is -2.40. The van der Waals surface area contributed by atoms with Gasteiger partial charge in [-0.05, 0) is 33.6 Å². The summed E-state index contributed by atoms with van der Waals surface area (Å²) in [5.41, 5.74) is -0.496. The highest BCUT2D eigenvalue weighted by molar-refractivity contribution is 5.73. The van der Waals surface area contributed by atoms with E-state index >= 15 is 0 Å². The third kappa shape index (κ3) is 3.79. The van der Waals surface area contributed by atoms with Gasteiger partial charge in [0.1, 0.15) is 5.60 Å². The molecule has 4 nitrogen and oxygen atoms in total. The van der Waals surface area contributed by atoms with Gasteiger partial charge in [0.05, 0.1) is 5.92 Å². The number of nitrogens with zero attached hydrogens (tertiary/aromatic N) is 1. The van der Waals surface area contributed by atoms with E-state index in [-0.39, 0.29) is 11.9 Å². The summed E-state index contributed by atoms with van der Waals surface area (Å²) in [6.07, 6.45) is -0.461. The molecule has 1 rings (SSSR count). The van der Waals surface area contributed by atoms with Crippen molar-refractivity contribution in [3.05, 3.63) is 0 Å². The fraction of sp³-hybridized carbons (Fsp3) is 0.818. The Balaban J connectivity index is 2.42. The molecule has 0 aromatic carbocycles. The monoisotopic (exact) mass is 231 g/mol. The van der Waals surface area contributed by atoms with Crippen molar-refractivity contribution in [2.75, 3.05) is 13.1 Å². The van der Waals surface area contributed by atoms with Gasteiger partial charge in [-0.2, -0.15) is 0 Å². The van der Waals surface area contributed by atoms with E-state index in [9.17, 15) is 14.0 Å². The summed E-state index contributed by atoms with van der Waals surface area (Å²) in [5.74, 6) is -0.465. The Morgan fingerprint density at radius 3 is 2.12 bits per heavy atom. The van der Waals surface area contributed by atoms with Crippen LogP contribution in [0.5, 0.6) is 0 Å². The van der Waals surface area contributed by atoms with Gasteiger partial charge < -0.3 is 9.64 Å². The van der Waals surface area contributed by atoms with E-state index in [0.717, 1.165) is 4.90 Å². The molecule has 0 saturated carbocycles. The molecular formula is C11H18FNO3. The molecule has 1 saturated heterocycles. The molecule has 0 radical (unpaired) electrons. The maximum atomic E-state index is 12.4. The molecule has 0 unspecified atom stereocenters. The molecule has 16 heavy (non-hydrogen) atoms. The van der Waals surface area contributed by atoms with Crippen LogP contribution in [-0.4, -0.2) is 35.7 Å². The molecule has 1 amide bonds. The van der Waals surface area contributed by atoms with Crippen molar-refractivity contribution >= 4 is 12.1 Å². The van der Waals surface area contributed by atoms with E-state index in [1.165, 1.54) is 0 Å². The Labute approximate surface area is 94.7 Å². The van der Waals surface area contributed by atoms with E-state index < -0.39 is 11.8 Å². The first-order chi connectivity index (χ1) is 7.29. The van der Waals surface area contributed by atoms with Crippen molar-refractivity contribution in [3.63, 3.8) is 0 Å². The van der Waals surface area contributed by atoms with Crippen LogP contribution >= 0.6 is 0 Å². The quantitative estimate of drug-likeness (QED) is 0.394. The van der Waals surface area contributed by atoms with Crippen LogP contribution in [0.15, 0.2) is 0 Å². The highest BCUT2D eigenvalue weighted by Gasteiger charge is 2.30. The number of hydrogen-bond donors (Lipinski definition) is 0. The minimum Gasteiger partial charge on any atom is -0.460 e. The predicted molar refractivity (Wildman–Crippen MR) is 56.6 cm³/mol. The van der Waals surface area contributed by atoms with E-state index in [4.69, 9.17) is 4.74 Å².